The van der Waals surface area contributed by atoms with Crippen molar-refractivity contribution >= 4 is 29.0 Å². The molecule has 1 aromatic rings. The van der Waals surface area contributed by atoms with Crippen LogP contribution in [-0.2, 0) is 0 Å². The van der Waals surface area contributed by atoms with Gasteiger partial charge >= 0.3 is 0 Å². The summed E-state index contributed by atoms with van der Waals surface area (Å²) in [5.41, 5.74) is 0.615. The molecule has 16 heavy (non-hydrogen) atoms. The van der Waals surface area contributed by atoms with Crippen LogP contribution in [0.25, 0.3) is 0 Å². The normalized spacial score (nSPS) is 10.8. The average Bonchev–Trinajstić information content (AvgIpc) is 2.24. The lowest BCUT2D eigenvalue weighted by Crippen LogP contribution is -2.07. The molecule has 3 heteroatoms. The molecular weight excluding hydrogens is 243 g/mol. The van der Waals surface area contributed by atoms with Gasteiger partial charge in [-0.05, 0) is 24.1 Å². The van der Waals surface area contributed by atoms with Crippen LogP contribution >= 0.6 is 23.2 Å². The Hall–Kier alpha value is -0.530. The second kappa shape index (κ2) is 6.27. The summed E-state index contributed by atoms with van der Waals surface area (Å²) < 4.78 is 0. The molecule has 0 saturated carbocycles. The Bertz CT molecular complexity index is 350. The number of benzene rings is 1. The molecule has 0 atom stereocenters. The monoisotopic (exact) mass is 258 g/mol. The maximum Gasteiger partial charge on any atom is 0.163 e. The Kier molecular flexibility index (Phi) is 5.30. The van der Waals surface area contributed by atoms with Gasteiger partial charge in [-0.3, -0.25) is 4.79 Å². The minimum atomic E-state index is 0.123. The predicted octanol–water partition coefficient (Wildman–Crippen LogP) is 5.00. The zero-order valence-electron chi connectivity index (χ0n) is 9.59. The van der Waals surface area contributed by atoms with E-state index < -0.39 is 0 Å². The largest absolute Gasteiger partial charge is 0.294 e. The molecule has 0 aliphatic rings. The van der Waals surface area contributed by atoms with E-state index in [4.69, 9.17) is 23.2 Å². The minimum Gasteiger partial charge on any atom is -0.294 e. The quantitative estimate of drug-likeness (QED) is 0.680. The van der Waals surface area contributed by atoms with Crippen molar-refractivity contribution in [3.05, 3.63) is 33.8 Å². The molecule has 0 heterocycles. The Morgan fingerprint density at radius 1 is 1.12 bits per heavy atom. The highest BCUT2D eigenvalue weighted by Gasteiger charge is 2.13. The molecule has 0 aliphatic heterocycles. The molecule has 0 aliphatic carbocycles. The highest BCUT2D eigenvalue weighted by Crippen LogP contribution is 2.22. The Labute approximate surface area is 107 Å². The number of rotatable bonds is 5. The molecule has 0 aromatic heterocycles. The fourth-order valence-corrected chi connectivity index (χ4v) is 2.20. The first-order valence-electron chi connectivity index (χ1n) is 5.56. The van der Waals surface area contributed by atoms with Crippen molar-refractivity contribution in [1.82, 2.24) is 0 Å². The lowest BCUT2D eigenvalue weighted by Gasteiger charge is -2.11. The summed E-state index contributed by atoms with van der Waals surface area (Å²) in [5, 5.41) is 1.03. The molecular formula is C13H16Cl2O. The first-order chi connectivity index (χ1) is 7.56. The van der Waals surface area contributed by atoms with Crippen molar-refractivity contribution in [3.8, 4) is 0 Å². The van der Waals surface area contributed by atoms with E-state index in [0.29, 0.717) is 27.9 Å². The third kappa shape index (κ3) is 3.80. The number of ketones is 1. The topological polar surface area (TPSA) is 17.1 Å². The molecule has 0 amide bonds. The van der Waals surface area contributed by atoms with Crippen LogP contribution in [0.4, 0.5) is 0 Å². The third-order valence-electron chi connectivity index (χ3n) is 2.81. The first-order valence-corrected chi connectivity index (χ1v) is 6.31. The fourth-order valence-electron chi connectivity index (χ4n) is 1.67. The molecule has 0 N–H and O–H groups in total. The number of hydrogen-bond donors (Lipinski definition) is 0. The minimum absolute atomic E-state index is 0.123. The Morgan fingerprint density at radius 2 is 1.62 bits per heavy atom. The first kappa shape index (κ1) is 13.5. The number of carbonyl (C=O) groups excluding carboxylic acids is 1. The van der Waals surface area contributed by atoms with Crippen molar-refractivity contribution in [2.24, 2.45) is 5.92 Å². The van der Waals surface area contributed by atoms with E-state index in [0.717, 1.165) is 12.8 Å². The number of carbonyl (C=O) groups is 1. The standard InChI is InChI=1S/C13H16Cl2O/c1-3-9(4-2)5-13(16)10-6-11(14)8-12(15)7-10/h6-9H,3-5H2,1-2H3. The summed E-state index contributed by atoms with van der Waals surface area (Å²) in [6.45, 7) is 4.21. The molecule has 0 bridgehead atoms. The summed E-state index contributed by atoms with van der Waals surface area (Å²) in [6.07, 6.45) is 2.62. The molecule has 1 nitrogen and oxygen atoms in total. The van der Waals surface area contributed by atoms with Crippen LogP contribution < -0.4 is 0 Å². The Balaban J connectivity index is 2.80. The maximum absolute atomic E-state index is 12.0. The van der Waals surface area contributed by atoms with Crippen LogP contribution in [0, 0.1) is 5.92 Å². The van der Waals surface area contributed by atoms with Crippen molar-refractivity contribution in [3.63, 3.8) is 0 Å². The second-order valence-corrected chi connectivity index (χ2v) is 4.84. The summed E-state index contributed by atoms with van der Waals surface area (Å²) in [5.74, 6) is 0.573. The highest BCUT2D eigenvalue weighted by atomic mass is 35.5. The van der Waals surface area contributed by atoms with Gasteiger partial charge in [0.15, 0.2) is 5.78 Å². The van der Waals surface area contributed by atoms with E-state index in [9.17, 15) is 4.79 Å². The molecule has 0 spiro atoms. The van der Waals surface area contributed by atoms with Crippen molar-refractivity contribution in [2.45, 2.75) is 33.1 Å². The van der Waals surface area contributed by atoms with Crippen molar-refractivity contribution < 1.29 is 4.79 Å². The second-order valence-electron chi connectivity index (χ2n) is 3.97. The van der Waals surface area contributed by atoms with Gasteiger partial charge in [-0.2, -0.15) is 0 Å². The van der Waals surface area contributed by atoms with Gasteiger partial charge in [0, 0.05) is 22.0 Å². The summed E-state index contributed by atoms with van der Waals surface area (Å²) in [4.78, 5) is 12.0. The van der Waals surface area contributed by atoms with Crippen molar-refractivity contribution in [2.75, 3.05) is 0 Å². The highest BCUT2D eigenvalue weighted by molar-refractivity contribution is 6.35. The van der Waals surface area contributed by atoms with Gasteiger partial charge in [0.05, 0.1) is 0 Å². The molecule has 88 valence electrons. The van der Waals surface area contributed by atoms with Gasteiger partial charge in [-0.1, -0.05) is 49.9 Å². The van der Waals surface area contributed by atoms with Crippen LogP contribution in [0.3, 0.4) is 0 Å². The zero-order valence-corrected chi connectivity index (χ0v) is 11.1. The van der Waals surface area contributed by atoms with Gasteiger partial charge in [0.1, 0.15) is 0 Å². The third-order valence-corrected chi connectivity index (χ3v) is 3.25. The van der Waals surface area contributed by atoms with E-state index in [1.165, 1.54) is 0 Å². The van der Waals surface area contributed by atoms with Gasteiger partial charge < -0.3 is 0 Å². The molecule has 1 rings (SSSR count). The summed E-state index contributed by atoms with van der Waals surface area (Å²) in [7, 11) is 0. The Morgan fingerprint density at radius 3 is 2.06 bits per heavy atom. The lowest BCUT2D eigenvalue weighted by molar-refractivity contribution is 0.0958. The number of Topliss-reactive ketones (excluding diaryl/α,β-unsaturated/α-hetero) is 1. The molecule has 1 aromatic carbocycles. The van der Waals surface area contributed by atoms with Crippen LogP contribution in [0.1, 0.15) is 43.5 Å². The molecule has 0 fully saturated rings. The molecule has 0 unspecified atom stereocenters. The van der Waals surface area contributed by atoms with E-state index in [-0.39, 0.29) is 5.78 Å². The smallest absolute Gasteiger partial charge is 0.163 e. The van der Waals surface area contributed by atoms with Gasteiger partial charge in [-0.25, -0.2) is 0 Å². The van der Waals surface area contributed by atoms with Crippen LogP contribution in [0.2, 0.25) is 10.0 Å². The van der Waals surface area contributed by atoms with Gasteiger partial charge in [-0.15, -0.1) is 0 Å². The van der Waals surface area contributed by atoms with E-state index in [2.05, 4.69) is 13.8 Å². The summed E-state index contributed by atoms with van der Waals surface area (Å²) >= 11 is 11.7. The average molecular weight is 259 g/mol. The predicted molar refractivity (Wildman–Crippen MR) is 69.5 cm³/mol. The maximum atomic E-state index is 12.0. The van der Waals surface area contributed by atoms with E-state index >= 15 is 0 Å². The van der Waals surface area contributed by atoms with Crippen LogP contribution in [0.15, 0.2) is 18.2 Å². The molecule has 0 saturated heterocycles. The van der Waals surface area contributed by atoms with Crippen molar-refractivity contribution in [1.29, 1.82) is 0 Å². The van der Waals surface area contributed by atoms with Crippen LogP contribution in [0.5, 0.6) is 0 Å². The van der Waals surface area contributed by atoms with Gasteiger partial charge in [0.25, 0.3) is 0 Å². The SMILES string of the molecule is CCC(CC)CC(=O)c1cc(Cl)cc(Cl)c1. The number of halogens is 2. The van der Waals surface area contributed by atoms with Crippen LogP contribution in [-0.4, -0.2) is 5.78 Å². The lowest BCUT2D eigenvalue weighted by atomic mass is 9.94. The van der Waals surface area contributed by atoms with E-state index in [1.807, 2.05) is 0 Å². The van der Waals surface area contributed by atoms with Gasteiger partial charge in [0.2, 0.25) is 0 Å². The van der Waals surface area contributed by atoms with E-state index in [1.54, 1.807) is 18.2 Å². The number of hydrogen-bond acceptors (Lipinski definition) is 1. The summed E-state index contributed by atoms with van der Waals surface area (Å²) in [6, 6.07) is 4.99. The fraction of sp³-hybridized carbons (Fsp3) is 0.462. The molecule has 0 radical (unpaired) electrons. The zero-order chi connectivity index (χ0) is 12.1.